The van der Waals surface area contributed by atoms with Crippen LogP contribution in [0, 0.1) is 0 Å². The van der Waals surface area contributed by atoms with Crippen molar-refractivity contribution < 1.29 is 19.0 Å². The second-order valence-corrected chi connectivity index (χ2v) is 5.71. The van der Waals surface area contributed by atoms with E-state index in [0.29, 0.717) is 16.3 Å². The summed E-state index contributed by atoms with van der Waals surface area (Å²) in [6.07, 6.45) is 0. The summed E-state index contributed by atoms with van der Waals surface area (Å²) in [7, 11) is 1.46. The second-order valence-electron chi connectivity index (χ2n) is 5.31. The number of methoxy groups -OCH3 is 1. The number of benzene rings is 1. The van der Waals surface area contributed by atoms with Gasteiger partial charge in [-0.3, -0.25) is 0 Å². The molecule has 0 bridgehead atoms. The number of carbonyl (C=O) groups excluding carboxylic acids is 1. The Bertz CT molecular complexity index is 789. The van der Waals surface area contributed by atoms with Crippen LogP contribution in [0.2, 0.25) is 5.02 Å². The predicted molar refractivity (Wildman–Crippen MR) is 100 cm³/mol. The molecule has 10 heteroatoms. The zero-order valence-electron chi connectivity index (χ0n) is 15.0. The first-order valence-corrected chi connectivity index (χ1v) is 8.62. The molecule has 1 aliphatic heterocycles. The smallest absolute Gasteiger partial charge is 0.338 e. The Morgan fingerprint density at radius 3 is 2.89 bits per heavy atom. The molecule has 1 N–H and O–H groups in total. The number of ether oxygens (including phenoxy) is 3. The molecule has 144 valence electrons. The van der Waals surface area contributed by atoms with E-state index in [0.717, 1.165) is 0 Å². The van der Waals surface area contributed by atoms with Gasteiger partial charge in [0.15, 0.2) is 0 Å². The number of esters is 1. The minimum Gasteiger partial charge on any atom is -0.468 e. The second kappa shape index (κ2) is 10.4. The number of hydrogen-bond donors (Lipinski definition) is 1. The van der Waals surface area contributed by atoms with Crippen molar-refractivity contribution in [3.63, 3.8) is 0 Å². The van der Waals surface area contributed by atoms with Gasteiger partial charge in [0, 0.05) is 22.0 Å². The van der Waals surface area contributed by atoms with Gasteiger partial charge in [-0.2, -0.15) is 0 Å². The fraction of sp³-hybridized carbons (Fsp3) is 0.412. The molecule has 0 aliphatic carbocycles. The number of amidine groups is 1. The van der Waals surface area contributed by atoms with Crippen molar-refractivity contribution in [2.45, 2.75) is 13.0 Å². The molecular weight excluding hydrogens is 374 g/mol. The Hall–Kier alpha value is -2.74. The highest BCUT2D eigenvalue weighted by Crippen LogP contribution is 2.35. The summed E-state index contributed by atoms with van der Waals surface area (Å²) in [6, 6.07) is 6.63. The number of azide groups is 1. The zero-order chi connectivity index (χ0) is 19.6. The number of halogens is 1. The molecule has 9 nitrogen and oxygen atoms in total. The first-order valence-electron chi connectivity index (χ1n) is 8.24. The Labute approximate surface area is 161 Å². The quantitative estimate of drug-likeness (QED) is 0.239. The largest absolute Gasteiger partial charge is 0.468 e. The molecule has 1 heterocycles. The molecule has 0 fully saturated rings. The van der Waals surface area contributed by atoms with Gasteiger partial charge in [-0.25, -0.2) is 9.79 Å². The van der Waals surface area contributed by atoms with E-state index in [1.807, 2.05) is 6.07 Å². The molecule has 0 saturated carbocycles. The SMILES string of the molecule is CCOC(=O)C1=C(COCCN=[N+]=[N-])NC(OC)=NC1c1ccccc1Cl. The Morgan fingerprint density at radius 2 is 2.22 bits per heavy atom. The van der Waals surface area contributed by atoms with Gasteiger partial charge in [-0.15, -0.1) is 0 Å². The van der Waals surface area contributed by atoms with Crippen molar-refractivity contribution in [2.75, 3.05) is 33.5 Å². The van der Waals surface area contributed by atoms with Crippen molar-refractivity contribution >= 4 is 23.6 Å². The van der Waals surface area contributed by atoms with Crippen LogP contribution >= 0.6 is 11.6 Å². The van der Waals surface area contributed by atoms with E-state index in [4.69, 9.17) is 31.3 Å². The highest BCUT2D eigenvalue weighted by Gasteiger charge is 2.33. The third kappa shape index (κ3) is 5.37. The average Bonchev–Trinajstić information content (AvgIpc) is 2.67. The Balaban J connectivity index is 2.40. The van der Waals surface area contributed by atoms with Gasteiger partial charge in [0.1, 0.15) is 6.04 Å². The third-order valence-electron chi connectivity index (χ3n) is 3.64. The first kappa shape index (κ1) is 20.6. The standard InChI is InChI=1S/C17H20ClN5O4/c1-3-27-16(24)14-13(10-26-9-8-20-23-19)21-17(25-2)22-15(14)11-6-4-5-7-12(11)18/h4-7,15H,3,8-10H2,1-2H3,(H,21,22). The molecule has 0 saturated heterocycles. The maximum Gasteiger partial charge on any atom is 0.338 e. The maximum absolute atomic E-state index is 12.6. The van der Waals surface area contributed by atoms with Crippen molar-refractivity contribution in [1.29, 1.82) is 0 Å². The molecule has 0 amide bonds. The monoisotopic (exact) mass is 393 g/mol. The number of aliphatic imine (C=N–C) groups is 1. The van der Waals surface area contributed by atoms with E-state index in [9.17, 15) is 4.79 Å². The van der Waals surface area contributed by atoms with E-state index in [1.165, 1.54) is 7.11 Å². The molecule has 0 aromatic heterocycles. The van der Waals surface area contributed by atoms with Crippen LogP contribution in [0.3, 0.4) is 0 Å². The lowest BCUT2D eigenvalue weighted by atomic mass is 9.96. The van der Waals surface area contributed by atoms with Gasteiger partial charge in [-0.05, 0) is 18.5 Å². The molecule has 0 radical (unpaired) electrons. The lowest BCUT2D eigenvalue weighted by Crippen LogP contribution is -2.36. The summed E-state index contributed by atoms with van der Waals surface area (Å²) < 4.78 is 15.9. The molecule has 1 aromatic rings. The van der Waals surface area contributed by atoms with Crippen LogP contribution in [0.1, 0.15) is 18.5 Å². The fourth-order valence-electron chi connectivity index (χ4n) is 2.48. The van der Waals surface area contributed by atoms with Crippen LogP contribution in [0.4, 0.5) is 0 Å². The average molecular weight is 394 g/mol. The van der Waals surface area contributed by atoms with E-state index in [1.54, 1.807) is 25.1 Å². The maximum atomic E-state index is 12.6. The van der Waals surface area contributed by atoms with E-state index >= 15 is 0 Å². The fourth-order valence-corrected chi connectivity index (χ4v) is 2.72. The number of carbonyl (C=O) groups is 1. The van der Waals surface area contributed by atoms with Crippen molar-refractivity contribution in [2.24, 2.45) is 10.1 Å². The summed E-state index contributed by atoms with van der Waals surface area (Å²) in [6.45, 7) is 2.36. The third-order valence-corrected chi connectivity index (χ3v) is 3.98. The van der Waals surface area contributed by atoms with Gasteiger partial charge in [0.05, 0.1) is 38.2 Å². The highest BCUT2D eigenvalue weighted by molar-refractivity contribution is 6.31. The summed E-state index contributed by atoms with van der Waals surface area (Å²) in [5.74, 6) is -0.525. The predicted octanol–water partition coefficient (Wildman–Crippen LogP) is 3.13. The normalized spacial score (nSPS) is 16.1. The highest BCUT2D eigenvalue weighted by atomic mass is 35.5. The summed E-state index contributed by atoms with van der Waals surface area (Å²) in [4.78, 5) is 19.7. The number of nitrogens with zero attached hydrogens (tertiary/aromatic N) is 4. The first-order chi connectivity index (χ1) is 13.1. The van der Waals surface area contributed by atoms with E-state index in [-0.39, 0.29) is 38.0 Å². The molecule has 1 atom stereocenters. The van der Waals surface area contributed by atoms with Gasteiger partial charge >= 0.3 is 5.97 Å². The summed E-state index contributed by atoms with van der Waals surface area (Å²) >= 11 is 6.32. The van der Waals surface area contributed by atoms with Crippen LogP contribution in [0.15, 0.2) is 45.6 Å². The number of rotatable bonds is 8. The summed E-state index contributed by atoms with van der Waals surface area (Å²) in [5.41, 5.74) is 9.70. The minimum absolute atomic E-state index is 0.0540. The van der Waals surface area contributed by atoms with Gasteiger partial charge in [0.2, 0.25) is 0 Å². The summed E-state index contributed by atoms with van der Waals surface area (Å²) in [5, 5.41) is 6.81. The van der Waals surface area contributed by atoms with Crippen LogP contribution < -0.4 is 5.32 Å². The van der Waals surface area contributed by atoms with Crippen LogP contribution in [-0.2, 0) is 19.0 Å². The number of hydrogen-bond acceptors (Lipinski definition) is 7. The molecule has 27 heavy (non-hydrogen) atoms. The Morgan fingerprint density at radius 1 is 1.44 bits per heavy atom. The molecule has 1 aromatic carbocycles. The molecule has 2 rings (SSSR count). The molecule has 1 unspecified atom stereocenters. The lowest BCUT2D eigenvalue weighted by Gasteiger charge is -2.27. The molecular formula is C17H20ClN5O4. The molecule has 0 spiro atoms. The topological polar surface area (TPSA) is 118 Å². The van der Waals surface area contributed by atoms with Crippen LogP contribution in [0.25, 0.3) is 10.4 Å². The van der Waals surface area contributed by atoms with Crippen LogP contribution in [0.5, 0.6) is 0 Å². The van der Waals surface area contributed by atoms with Gasteiger partial charge < -0.3 is 19.5 Å². The zero-order valence-corrected chi connectivity index (χ0v) is 15.8. The van der Waals surface area contributed by atoms with Crippen molar-refractivity contribution in [1.82, 2.24) is 5.32 Å². The lowest BCUT2D eigenvalue weighted by molar-refractivity contribution is -0.139. The molecule has 1 aliphatic rings. The minimum atomic E-state index is -0.704. The van der Waals surface area contributed by atoms with Gasteiger partial charge in [0.25, 0.3) is 6.02 Å². The van der Waals surface area contributed by atoms with E-state index in [2.05, 4.69) is 20.3 Å². The van der Waals surface area contributed by atoms with Gasteiger partial charge in [-0.1, -0.05) is 34.9 Å². The Kier molecular flexibility index (Phi) is 7.94. The van der Waals surface area contributed by atoms with Crippen molar-refractivity contribution in [3.8, 4) is 0 Å². The van der Waals surface area contributed by atoms with E-state index < -0.39 is 12.0 Å². The van der Waals surface area contributed by atoms with Crippen molar-refractivity contribution in [3.05, 3.63) is 56.6 Å². The number of nitrogens with one attached hydrogen (secondary N) is 1. The van der Waals surface area contributed by atoms with Crippen LogP contribution in [-0.4, -0.2) is 45.5 Å².